The van der Waals surface area contributed by atoms with E-state index in [1.54, 1.807) is 36.2 Å². The van der Waals surface area contributed by atoms with Crippen LogP contribution in [0.15, 0.2) is 47.1 Å². The lowest BCUT2D eigenvalue weighted by molar-refractivity contribution is -0.121. The molecular weight excluding hydrogens is 360 g/mol. The lowest BCUT2D eigenvalue weighted by Gasteiger charge is -2.16. The van der Waals surface area contributed by atoms with Gasteiger partial charge in [0, 0.05) is 18.2 Å². The number of urea groups is 1. The third-order valence-corrected chi connectivity index (χ3v) is 4.25. The van der Waals surface area contributed by atoms with E-state index in [2.05, 4.69) is 16.0 Å². The summed E-state index contributed by atoms with van der Waals surface area (Å²) in [6.07, 6.45) is 3.62. The summed E-state index contributed by atoms with van der Waals surface area (Å²) in [5, 5.41) is 7.78. The summed E-state index contributed by atoms with van der Waals surface area (Å²) in [6, 6.07) is 10.5. The van der Waals surface area contributed by atoms with Crippen LogP contribution in [0.4, 0.5) is 4.79 Å². The number of carbonyl (C=O) groups is 3. The van der Waals surface area contributed by atoms with Gasteiger partial charge in [-0.15, -0.1) is 0 Å². The molecule has 8 nitrogen and oxygen atoms in total. The number of imide groups is 1. The van der Waals surface area contributed by atoms with Gasteiger partial charge in [0.1, 0.15) is 5.76 Å². The SMILES string of the molecule is CN(CC(=O)NC(=O)NCc1ccco1)Cc1ccc(C(=O)NC2CC2)cc1. The Labute approximate surface area is 163 Å². The molecule has 1 fully saturated rings. The minimum atomic E-state index is -0.569. The van der Waals surface area contributed by atoms with E-state index < -0.39 is 11.9 Å². The number of hydrogen-bond donors (Lipinski definition) is 3. The molecule has 0 aliphatic heterocycles. The van der Waals surface area contributed by atoms with E-state index >= 15 is 0 Å². The van der Waals surface area contributed by atoms with E-state index in [9.17, 15) is 14.4 Å². The number of nitrogens with zero attached hydrogens (tertiary/aromatic N) is 1. The zero-order valence-corrected chi connectivity index (χ0v) is 15.7. The highest BCUT2D eigenvalue weighted by atomic mass is 16.3. The van der Waals surface area contributed by atoms with Crippen molar-refractivity contribution in [3.8, 4) is 0 Å². The van der Waals surface area contributed by atoms with Crippen LogP contribution < -0.4 is 16.0 Å². The van der Waals surface area contributed by atoms with Gasteiger partial charge in [0.25, 0.3) is 5.91 Å². The van der Waals surface area contributed by atoms with Gasteiger partial charge in [0.05, 0.1) is 19.4 Å². The molecule has 1 saturated carbocycles. The topological polar surface area (TPSA) is 104 Å². The third-order valence-electron chi connectivity index (χ3n) is 4.25. The standard InChI is InChI=1S/C20H24N4O4/c1-24(13-18(25)23-20(27)21-11-17-3-2-10-28-17)12-14-4-6-15(7-5-14)19(26)22-16-8-9-16/h2-7,10,16H,8-9,11-13H2,1H3,(H,22,26)(H2,21,23,25,27). The molecule has 0 radical (unpaired) electrons. The Morgan fingerprint density at radius 3 is 2.54 bits per heavy atom. The molecule has 148 valence electrons. The molecule has 0 bridgehead atoms. The molecule has 0 spiro atoms. The van der Waals surface area contributed by atoms with Crippen LogP contribution in [0.2, 0.25) is 0 Å². The third kappa shape index (κ3) is 6.24. The minimum absolute atomic E-state index is 0.0534. The first kappa shape index (κ1) is 19.6. The summed E-state index contributed by atoms with van der Waals surface area (Å²) < 4.78 is 5.10. The number of nitrogens with one attached hydrogen (secondary N) is 3. The predicted molar refractivity (Wildman–Crippen MR) is 102 cm³/mol. The molecule has 3 N–H and O–H groups in total. The molecule has 1 aliphatic carbocycles. The number of hydrogen-bond acceptors (Lipinski definition) is 5. The van der Waals surface area contributed by atoms with Crippen molar-refractivity contribution in [1.82, 2.24) is 20.9 Å². The predicted octanol–water partition coefficient (Wildman–Crippen LogP) is 1.63. The van der Waals surface area contributed by atoms with E-state index in [4.69, 9.17) is 4.42 Å². The Balaban J connectivity index is 1.38. The zero-order valence-electron chi connectivity index (χ0n) is 15.7. The second-order valence-corrected chi connectivity index (χ2v) is 6.93. The fourth-order valence-electron chi connectivity index (χ4n) is 2.66. The largest absolute Gasteiger partial charge is 0.467 e. The van der Waals surface area contributed by atoms with Gasteiger partial charge in [0.2, 0.25) is 5.91 Å². The molecular formula is C20H24N4O4. The highest BCUT2D eigenvalue weighted by Gasteiger charge is 2.23. The smallest absolute Gasteiger partial charge is 0.321 e. The second kappa shape index (κ2) is 9.18. The lowest BCUT2D eigenvalue weighted by Crippen LogP contribution is -2.43. The quantitative estimate of drug-likeness (QED) is 0.642. The monoisotopic (exact) mass is 384 g/mol. The van der Waals surface area contributed by atoms with Crippen molar-refractivity contribution in [3.05, 3.63) is 59.5 Å². The van der Waals surface area contributed by atoms with Crippen LogP contribution >= 0.6 is 0 Å². The Kier molecular flexibility index (Phi) is 6.44. The Hall–Kier alpha value is -3.13. The molecule has 0 saturated heterocycles. The number of carbonyl (C=O) groups excluding carboxylic acids is 3. The maximum Gasteiger partial charge on any atom is 0.321 e. The molecule has 2 aromatic rings. The van der Waals surface area contributed by atoms with Crippen molar-refractivity contribution in [2.24, 2.45) is 0 Å². The highest BCUT2D eigenvalue weighted by molar-refractivity contribution is 5.95. The van der Waals surface area contributed by atoms with Crippen LogP contribution in [0, 0.1) is 0 Å². The molecule has 1 aliphatic rings. The minimum Gasteiger partial charge on any atom is -0.467 e. The summed E-state index contributed by atoms with van der Waals surface area (Å²) >= 11 is 0. The summed E-state index contributed by atoms with van der Waals surface area (Å²) in [7, 11) is 1.79. The summed E-state index contributed by atoms with van der Waals surface area (Å²) in [4.78, 5) is 37.5. The Morgan fingerprint density at radius 1 is 1.14 bits per heavy atom. The molecule has 1 aromatic heterocycles. The van der Waals surface area contributed by atoms with Crippen molar-refractivity contribution < 1.29 is 18.8 Å². The molecule has 0 atom stereocenters. The lowest BCUT2D eigenvalue weighted by atomic mass is 10.1. The van der Waals surface area contributed by atoms with Crippen molar-refractivity contribution in [2.45, 2.75) is 32.0 Å². The Bertz CT molecular complexity index is 813. The van der Waals surface area contributed by atoms with E-state index in [-0.39, 0.29) is 19.0 Å². The van der Waals surface area contributed by atoms with Gasteiger partial charge in [-0.3, -0.25) is 19.8 Å². The maximum absolute atomic E-state index is 12.0. The number of likely N-dealkylation sites (N-methyl/N-ethyl adjacent to an activating group) is 1. The van der Waals surface area contributed by atoms with E-state index in [1.807, 2.05) is 12.1 Å². The summed E-state index contributed by atoms with van der Waals surface area (Å²) in [5.41, 5.74) is 1.60. The van der Waals surface area contributed by atoms with E-state index in [0.29, 0.717) is 23.9 Å². The van der Waals surface area contributed by atoms with Gasteiger partial charge in [-0.25, -0.2) is 4.79 Å². The zero-order chi connectivity index (χ0) is 19.9. The van der Waals surface area contributed by atoms with Crippen LogP contribution in [-0.2, 0) is 17.9 Å². The average Bonchev–Trinajstić information content (AvgIpc) is 3.31. The number of rotatable bonds is 8. The molecule has 1 heterocycles. The van der Waals surface area contributed by atoms with Gasteiger partial charge >= 0.3 is 6.03 Å². The average molecular weight is 384 g/mol. The van der Waals surface area contributed by atoms with Gasteiger partial charge in [-0.2, -0.15) is 0 Å². The number of amides is 4. The number of furan rings is 1. The summed E-state index contributed by atoms with van der Waals surface area (Å²) in [5.74, 6) is 0.149. The first-order valence-electron chi connectivity index (χ1n) is 9.18. The van der Waals surface area contributed by atoms with Gasteiger partial charge in [-0.1, -0.05) is 12.1 Å². The number of benzene rings is 1. The fraction of sp³-hybridized carbons (Fsp3) is 0.350. The van der Waals surface area contributed by atoms with Crippen LogP contribution in [-0.4, -0.2) is 42.4 Å². The Morgan fingerprint density at radius 2 is 1.89 bits per heavy atom. The van der Waals surface area contributed by atoms with Crippen LogP contribution in [0.3, 0.4) is 0 Å². The van der Waals surface area contributed by atoms with Gasteiger partial charge in [0.15, 0.2) is 0 Å². The van der Waals surface area contributed by atoms with Crippen molar-refractivity contribution in [1.29, 1.82) is 0 Å². The maximum atomic E-state index is 12.0. The van der Waals surface area contributed by atoms with E-state index in [0.717, 1.165) is 18.4 Å². The van der Waals surface area contributed by atoms with Gasteiger partial charge in [-0.05, 0) is 49.7 Å². The van der Waals surface area contributed by atoms with Crippen LogP contribution in [0.25, 0.3) is 0 Å². The highest BCUT2D eigenvalue weighted by Crippen LogP contribution is 2.19. The van der Waals surface area contributed by atoms with Crippen LogP contribution in [0.5, 0.6) is 0 Å². The second-order valence-electron chi connectivity index (χ2n) is 6.93. The van der Waals surface area contributed by atoms with E-state index in [1.165, 1.54) is 6.26 Å². The summed E-state index contributed by atoms with van der Waals surface area (Å²) in [6.45, 7) is 0.798. The van der Waals surface area contributed by atoms with Gasteiger partial charge < -0.3 is 15.1 Å². The molecule has 1 aromatic carbocycles. The molecule has 4 amide bonds. The molecule has 8 heteroatoms. The molecule has 0 unspecified atom stereocenters. The molecule has 3 rings (SSSR count). The first-order valence-corrected chi connectivity index (χ1v) is 9.18. The van der Waals surface area contributed by atoms with Crippen molar-refractivity contribution in [3.63, 3.8) is 0 Å². The fourth-order valence-corrected chi connectivity index (χ4v) is 2.66. The van der Waals surface area contributed by atoms with Crippen molar-refractivity contribution in [2.75, 3.05) is 13.6 Å². The van der Waals surface area contributed by atoms with Crippen molar-refractivity contribution >= 4 is 17.8 Å². The normalized spacial score (nSPS) is 13.2. The van der Waals surface area contributed by atoms with Crippen LogP contribution in [0.1, 0.15) is 34.5 Å². The molecule has 28 heavy (non-hydrogen) atoms. The first-order chi connectivity index (χ1) is 13.5.